The topological polar surface area (TPSA) is 44.8 Å². The zero-order chi connectivity index (χ0) is 20.6. The van der Waals surface area contributed by atoms with E-state index < -0.39 is 17.7 Å². The molecular formula is C20H18ClF3O4. The molecule has 4 nitrogen and oxygen atoms in total. The fourth-order valence-corrected chi connectivity index (χ4v) is 2.17. The molecule has 8 heteroatoms. The third kappa shape index (κ3) is 7.15. The molecule has 0 radical (unpaired) electrons. The van der Waals surface area contributed by atoms with E-state index in [-0.39, 0.29) is 24.3 Å². The molecule has 0 aromatic heterocycles. The van der Waals surface area contributed by atoms with E-state index in [1.165, 1.54) is 18.2 Å². The van der Waals surface area contributed by atoms with Crippen molar-refractivity contribution >= 4 is 17.6 Å². The lowest BCUT2D eigenvalue weighted by Crippen LogP contribution is -2.10. The molecule has 0 amide bonds. The van der Waals surface area contributed by atoms with E-state index in [4.69, 9.17) is 25.8 Å². The maximum atomic E-state index is 12.6. The molecule has 1 unspecified atom stereocenters. The van der Waals surface area contributed by atoms with E-state index in [2.05, 4.69) is 0 Å². The molecule has 0 N–H and O–H groups in total. The van der Waals surface area contributed by atoms with Crippen molar-refractivity contribution in [3.8, 4) is 17.2 Å². The molecule has 0 heterocycles. The number of hydrogen-bond acceptors (Lipinski definition) is 4. The van der Waals surface area contributed by atoms with Crippen LogP contribution in [0.15, 0.2) is 60.7 Å². The quantitative estimate of drug-likeness (QED) is 0.320. The number of carbonyl (C=O) groups is 1. The minimum absolute atomic E-state index is 0.139. The van der Waals surface area contributed by atoms with Crippen molar-refractivity contribution in [3.63, 3.8) is 0 Å². The van der Waals surface area contributed by atoms with E-state index in [0.717, 1.165) is 12.1 Å². The number of carbonyl (C=O) groups excluding carboxylic acids is 1. The Hall–Kier alpha value is -2.67. The van der Waals surface area contributed by atoms with Crippen LogP contribution in [0, 0.1) is 0 Å². The summed E-state index contributed by atoms with van der Waals surface area (Å²) < 4.78 is 53.6. The van der Waals surface area contributed by atoms with Gasteiger partial charge >= 0.3 is 12.1 Å². The average Bonchev–Trinajstić information content (AvgIpc) is 2.66. The maximum Gasteiger partial charge on any atom is 0.416 e. The molecule has 0 saturated carbocycles. The summed E-state index contributed by atoms with van der Waals surface area (Å²) in [5, 5.41) is 0. The van der Waals surface area contributed by atoms with Gasteiger partial charge in [0.1, 0.15) is 30.0 Å². The average molecular weight is 415 g/mol. The number of benzene rings is 2. The van der Waals surface area contributed by atoms with E-state index >= 15 is 0 Å². The van der Waals surface area contributed by atoms with Crippen molar-refractivity contribution in [2.75, 3.05) is 12.5 Å². The Morgan fingerprint density at radius 1 is 1.04 bits per heavy atom. The van der Waals surface area contributed by atoms with Crippen molar-refractivity contribution in [1.82, 2.24) is 0 Å². The fourth-order valence-electron chi connectivity index (χ4n) is 2.09. The fraction of sp³-hybridized carbons (Fsp3) is 0.250. The van der Waals surface area contributed by atoms with Crippen LogP contribution >= 0.6 is 11.6 Å². The third-order valence-corrected chi connectivity index (χ3v) is 3.54. The van der Waals surface area contributed by atoms with Gasteiger partial charge in [0.15, 0.2) is 0 Å². The second-order valence-electron chi connectivity index (χ2n) is 5.63. The molecular weight excluding hydrogens is 397 g/mol. The molecule has 1 atom stereocenters. The molecule has 2 aromatic carbocycles. The van der Waals surface area contributed by atoms with Crippen LogP contribution in [-0.4, -0.2) is 24.6 Å². The molecule has 0 spiro atoms. The lowest BCUT2D eigenvalue weighted by atomic mass is 10.2. The van der Waals surface area contributed by atoms with Gasteiger partial charge in [-0.15, -0.1) is 11.6 Å². The molecule has 0 aliphatic carbocycles. The molecule has 150 valence electrons. The highest BCUT2D eigenvalue weighted by Gasteiger charge is 2.30. The van der Waals surface area contributed by atoms with Gasteiger partial charge in [0, 0.05) is 6.08 Å². The molecule has 2 rings (SSSR count). The zero-order valence-electron chi connectivity index (χ0n) is 14.9. The summed E-state index contributed by atoms with van der Waals surface area (Å²) in [5.74, 6) is 0.989. The smallest absolute Gasteiger partial charge is 0.416 e. The summed E-state index contributed by atoms with van der Waals surface area (Å²) in [4.78, 5) is 11.4. The molecule has 0 aliphatic rings. The van der Waals surface area contributed by atoms with Gasteiger partial charge in [0.05, 0.1) is 11.4 Å². The summed E-state index contributed by atoms with van der Waals surface area (Å²) in [5.41, 5.74) is -0.739. The van der Waals surface area contributed by atoms with Gasteiger partial charge < -0.3 is 14.2 Å². The molecule has 0 saturated heterocycles. The summed E-state index contributed by atoms with van der Waals surface area (Å²) in [6.07, 6.45) is -1.96. The SMILES string of the molecule is CC(/C=C/C(=O)OCCCl)Oc1ccc(Oc2ccc(C(F)(F)F)cc2)cc1. The van der Waals surface area contributed by atoms with Crippen LogP contribution in [0.5, 0.6) is 17.2 Å². The maximum absolute atomic E-state index is 12.6. The first kappa shape index (κ1) is 21.6. The molecule has 2 aromatic rings. The summed E-state index contributed by atoms with van der Waals surface area (Å²) in [7, 11) is 0. The number of halogens is 4. The van der Waals surface area contributed by atoms with Crippen LogP contribution in [0.25, 0.3) is 0 Å². The summed E-state index contributed by atoms with van der Waals surface area (Å²) in [6, 6.07) is 11.0. The largest absolute Gasteiger partial charge is 0.487 e. The second-order valence-corrected chi connectivity index (χ2v) is 6.01. The predicted octanol–water partition coefficient (Wildman–Crippen LogP) is 5.60. The van der Waals surface area contributed by atoms with Crippen molar-refractivity contribution in [3.05, 3.63) is 66.2 Å². The Labute approximate surface area is 165 Å². The third-order valence-electron chi connectivity index (χ3n) is 3.39. The van der Waals surface area contributed by atoms with E-state index in [1.807, 2.05) is 0 Å². The Kier molecular flexibility index (Phi) is 7.75. The summed E-state index contributed by atoms with van der Waals surface area (Å²) in [6.45, 7) is 1.89. The first-order valence-corrected chi connectivity index (χ1v) is 8.84. The van der Waals surface area contributed by atoms with Crippen molar-refractivity contribution in [2.24, 2.45) is 0 Å². The number of esters is 1. The van der Waals surface area contributed by atoms with Crippen LogP contribution < -0.4 is 9.47 Å². The lowest BCUT2D eigenvalue weighted by Gasteiger charge is -2.12. The van der Waals surface area contributed by atoms with Gasteiger partial charge in [0.25, 0.3) is 0 Å². The number of hydrogen-bond donors (Lipinski definition) is 0. The van der Waals surface area contributed by atoms with Gasteiger partial charge in [0.2, 0.25) is 0 Å². The van der Waals surface area contributed by atoms with Crippen molar-refractivity contribution in [1.29, 1.82) is 0 Å². The van der Waals surface area contributed by atoms with E-state index in [0.29, 0.717) is 11.5 Å². The van der Waals surface area contributed by atoms with Crippen LogP contribution in [0.3, 0.4) is 0 Å². The van der Waals surface area contributed by atoms with E-state index in [1.54, 1.807) is 37.3 Å². The van der Waals surface area contributed by atoms with Crippen LogP contribution in [-0.2, 0) is 15.7 Å². The van der Waals surface area contributed by atoms with Crippen molar-refractivity contribution < 1.29 is 32.2 Å². The highest BCUT2D eigenvalue weighted by molar-refractivity contribution is 6.18. The standard InChI is InChI=1S/C20H18ClF3O4/c1-14(2-11-19(25)26-13-12-21)27-16-7-9-18(10-8-16)28-17-5-3-15(4-6-17)20(22,23)24/h2-11,14H,12-13H2,1H3/b11-2+. The highest BCUT2D eigenvalue weighted by atomic mass is 35.5. The van der Waals surface area contributed by atoms with E-state index in [9.17, 15) is 18.0 Å². The molecule has 0 aliphatic heterocycles. The molecule has 28 heavy (non-hydrogen) atoms. The Morgan fingerprint density at radius 3 is 2.11 bits per heavy atom. The Balaban J connectivity index is 1.89. The second kappa shape index (κ2) is 10.0. The van der Waals surface area contributed by atoms with Gasteiger partial charge in [-0.1, -0.05) is 0 Å². The van der Waals surface area contributed by atoms with Gasteiger partial charge in [-0.3, -0.25) is 0 Å². The van der Waals surface area contributed by atoms with Crippen molar-refractivity contribution in [2.45, 2.75) is 19.2 Å². The van der Waals surface area contributed by atoms with Crippen LogP contribution in [0.2, 0.25) is 0 Å². The number of rotatable bonds is 8. The number of alkyl halides is 4. The number of ether oxygens (including phenoxy) is 3. The lowest BCUT2D eigenvalue weighted by molar-refractivity contribution is -0.138. The van der Waals surface area contributed by atoms with Gasteiger partial charge in [-0.2, -0.15) is 13.2 Å². The first-order chi connectivity index (χ1) is 13.3. The molecule has 0 fully saturated rings. The van der Waals surface area contributed by atoms with Gasteiger partial charge in [-0.25, -0.2) is 4.79 Å². The molecule has 0 bridgehead atoms. The monoisotopic (exact) mass is 414 g/mol. The Bertz CT molecular complexity index is 787. The Morgan fingerprint density at radius 2 is 1.57 bits per heavy atom. The first-order valence-electron chi connectivity index (χ1n) is 8.30. The van der Waals surface area contributed by atoms with Crippen LogP contribution in [0.4, 0.5) is 13.2 Å². The highest BCUT2D eigenvalue weighted by Crippen LogP contribution is 2.31. The normalized spacial score (nSPS) is 12.6. The summed E-state index contributed by atoms with van der Waals surface area (Å²) >= 11 is 5.42. The predicted molar refractivity (Wildman–Crippen MR) is 98.9 cm³/mol. The zero-order valence-corrected chi connectivity index (χ0v) is 15.7. The van der Waals surface area contributed by atoms with Gasteiger partial charge in [-0.05, 0) is 61.5 Å². The van der Waals surface area contributed by atoms with Crippen LogP contribution in [0.1, 0.15) is 12.5 Å². The minimum Gasteiger partial charge on any atom is -0.487 e. The minimum atomic E-state index is -4.39.